The monoisotopic (exact) mass is 706 g/mol. The number of alkyl carbamates (subject to hydrolysis) is 2. The van der Waals surface area contributed by atoms with Crippen molar-refractivity contribution in [2.45, 2.75) is 104 Å². The molecule has 0 aromatic heterocycles. The van der Waals surface area contributed by atoms with Crippen LogP contribution in [0.3, 0.4) is 0 Å². The first-order valence-electron chi connectivity index (χ1n) is 16.4. The zero-order valence-electron chi connectivity index (χ0n) is 30.2. The van der Waals surface area contributed by atoms with E-state index in [0.717, 1.165) is 23.8 Å². The molecule has 14 heteroatoms. The quantitative estimate of drug-likeness (QED) is 0.170. The van der Waals surface area contributed by atoms with Gasteiger partial charge in [-0.15, -0.1) is 0 Å². The van der Waals surface area contributed by atoms with Gasteiger partial charge >= 0.3 is 12.2 Å². The van der Waals surface area contributed by atoms with E-state index >= 15 is 0 Å². The molecule has 0 saturated heterocycles. The lowest BCUT2D eigenvalue weighted by Gasteiger charge is -2.29. The Morgan fingerprint density at radius 2 is 1.38 bits per heavy atom. The van der Waals surface area contributed by atoms with Crippen molar-refractivity contribution in [1.29, 1.82) is 0 Å². The molecule has 3 unspecified atom stereocenters. The number of carbonyl (C=O) groups is 4. The largest absolute Gasteiger partial charge is 0.444 e. The minimum atomic E-state index is -1.70. The summed E-state index contributed by atoms with van der Waals surface area (Å²) in [5.74, 6) is -2.64. The molecule has 4 amide bonds. The minimum Gasteiger partial charge on any atom is -0.444 e. The lowest BCUT2D eigenvalue weighted by Crippen LogP contribution is -2.55. The topological polar surface area (TPSA) is 164 Å². The average molecular weight is 707 g/mol. The predicted molar refractivity (Wildman–Crippen MR) is 183 cm³/mol. The summed E-state index contributed by atoms with van der Waals surface area (Å²) in [6, 6.07) is 10.1. The number of hydrogen-bond donors (Lipinski definition) is 5. The molecular weight excluding hydrogens is 654 g/mol. The molecule has 12 nitrogen and oxygen atoms in total. The van der Waals surface area contributed by atoms with E-state index in [1.165, 1.54) is 0 Å². The van der Waals surface area contributed by atoms with Gasteiger partial charge in [-0.3, -0.25) is 9.59 Å². The molecule has 0 spiro atoms. The number of benzene rings is 2. The highest BCUT2D eigenvalue weighted by molar-refractivity contribution is 5.82. The number of hydrogen-bond acceptors (Lipinski definition) is 8. The van der Waals surface area contributed by atoms with Crippen LogP contribution in [0.4, 0.5) is 18.4 Å². The van der Waals surface area contributed by atoms with Crippen molar-refractivity contribution in [2.24, 2.45) is 5.41 Å². The lowest BCUT2D eigenvalue weighted by atomic mass is 9.93. The first kappa shape index (κ1) is 41.9. The van der Waals surface area contributed by atoms with E-state index < -0.39 is 70.4 Å². The fraction of sp³-hybridized carbons (Fsp3) is 0.556. The average Bonchev–Trinajstić information content (AvgIpc) is 2.98. The summed E-state index contributed by atoms with van der Waals surface area (Å²) in [7, 11) is 0. The van der Waals surface area contributed by atoms with Gasteiger partial charge in [-0.1, -0.05) is 44.2 Å². The maximum absolute atomic E-state index is 14.4. The fourth-order valence-electron chi connectivity index (χ4n) is 4.47. The van der Waals surface area contributed by atoms with Gasteiger partial charge in [0.1, 0.15) is 22.8 Å². The van der Waals surface area contributed by atoms with E-state index in [4.69, 9.17) is 14.2 Å². The van der Waals surface area contributed by atoms with Crippen LogP contribution in [0, 0.1) is 17.0 Å². The summed E-state index contributed by atoms with van der Waals surface area (Å²) in [5, 5.41) is 21.4. The third-order valence-electron chi connectivity index (χ3n) is 6.89. The SMILES string of the molecule is CC(C)(CNC(=O)CC(Cc1cc(F)ccc1F)NC(=O)OC(C)(C)C)CNC(=O)C(O)C(COCc1ccccc1)NC(=O)OC(C)(C)C. The number of rotatable bonds is 16. The highest BCUT2D eigenvalue weighted by Gasteiger charge is 2.31. The Hall–Kier alpha value is -4.30. The smallest absolute Gasteiger partial charge is 0.408 e. The van der Waals surface area contributed by atoms with Crippen molar-refractivity contribution < 1.29 is 47.3 Å². The first-order chi connectivity index (χ1) is 23.1. The maximum atomic E-state index is 14.4. The molecule has 2 aromatic rings. The zero-order chi connectivity index (χ0) is 37.7. The van der Waals surface area contributed by atoms with Crippen LogP contribution in [-0.4, -0.2) is 78.2 Å². The van der Waals surface area contributed by atoms with Gasteiger partial charge in [-0.05, 0) is 82.7 Å². The number of amides is 4. The summed E-state index contributed by atoms with van der Waals surface area (Å²) in [6.07, 6.45) is -3.82. The zero-order valence-corrected chi connectivity index (χ0v) is 30.2. The number of aliphatic hydroxyl groups is 1. The van der Waals surface area contributed by atoms with Crippen molar-refractivity contribution in [3.63, 3.8) is 0 Å². The second kappa shape index (κ2) is 18.6. The van der Waals surface area contributed by atoms with Gasteiger partial charge in [0.2, 0.25) is 5.91 Å². The summed E-state index contributed by atoms with van der Waals surface area (Å²) in [4.78, 5) is 51.0. The summed E-state index contributed by atoms with van der Waals surface area (Å²) >= 11 is 0. The van der Waals surface area contributed by atoms with Gasteiger partial charge < -0.3 is 40.6 Å². The van der Waals surface area contributed by atoms with Crippen LogP contribution in [-0.2, 0) is 36.8 Å². The standard InChI is InChI=1S/C36H52F2N4O8/c1-34(2,3)49-32(46)41-26(17-24-16-25(37)14-15-27(24)38)18-29(43)39-21-36(7,8)22-40-31(45)30(44)28(42-33(47)50-35(4,5)6)20-48-19-23-12-10-9-11-13-23/h9-16,26,28,30,44H,17-22H2,1-8H3,(H,39,43)(H,40,45)(H,41,46)(H,42,47). The van der Waals surface area contributed by atoms with Crippen LogP contribution < -0.4 is 21.3 Å². The van der Waals surface area contributed by atoms with Crippen molar-refractivity contribution in [3.05, 3.63) is 71.3 Å². The number of halogens is 2. The van der Waals surface area contributed by atoms with Crippen LogP contribution in [0.15, 0.2) is 48.5 Å². The third kappa shape index (κ3) is 16.9. The van der Waals surface area contributed by atoms with Crippen molar-refractivity contribution in [3.8, 4) is 0 Å². The molecule has 0 radical (unpaired) electrons. The van der Waals surface area contributed by atoms with E-state index in [-0.39, 0.29) is 44.7 Å². The Bertz CT molecular complexity index is 1430. The summed E-state index contributed by atoms with van der Waals surface area (Å²) < 4.78 is 44.5. The van der Waals surface area contributed by atoms with Gasteiger partial charge in [0.05, 0.1) is 19.3 Å². The Morgan fingerprint density at radius 1 is 0.800 bits per heavy atom. The minimum absolute atomic E-state index is 0.0152. The Morgan fingerprint density at radius 3 is 1.98 bits per heavy atom. The van der Waals surface area contributed by atoms with Crippen LogP contribution >= 0.6 is 0 Å². The van der Waals surface area contributed by atoms with Gasteiger partial charge in [0.25, 0.3) is 5.91 Å². The molecular formula is C36H52F2N4O8. The molecule has 0 aliphatic carbocycles. The Labute approximate surface area is 293 Å². The molecule has 278 valence electrons. The molecule has 50 heavy (non-hydrogen) atoms. The van der Waals surface area contributed by atoms with Crippen LogP contribution in [0.25, 0.3) is 0 Å². The molecule has 3 atom stereocenters. The molecule has 2 rings (SSSR count). The van der Waals surface area contributed by atoms with Crippen LogP contribution in [0.2, 0.25) is 0 Å². The van der Waals surface area contributed by atoms with Crippen molar-refractivity contribution in [2.75, 3.05) is 19.7 Å². The molecule has 0 bridgehead atoms. The van der Waals surface area contributed by atoms with Crippen LogP contribution in [0.5, 0.6) is 0 Å². The van der Waals surface area contributed by atoms with E-state index in [9.17, 15) is 33.1 Å². The summed E-state index contributed by atoms with van der Waals surface area (Å²) in [6.45, 7) is 13.6. The molecule has 0 aliphatic rings. The maximum Gasteiger partial charge on any atom is 0.408 e. The Balaban J connectivity index is 2.00. The first-order valence-corrected chi connectivity index (χ1v) is 16.4. The van der Waals surface area contributed by atoms with Crippen molar-refractivity contribution in [1.82, 2.24) is 21.3 Å². The number of carbonyl (C=O) groups excluding carboxylic acids is 4. The number of ether oxygens (including phenoxy) is 3. The molecule has 5 N–H and O–H groups in total. The van der Waals surface area contributed by atoms with Crippen LogP contribution in [0.1, 0.15) is 72.9 Å². The summed E-state index contributed by atoms with van der Waals surface area (Å²) in [5.41, 5.74) is -1.54. The second-order valence-electron chi connectivity index (χ2n) is 14.8. The van der Waals surface area contributed by atoms with E-state index in [0.29, 0.717) is 0 Å². The number of aliphatic hydroxyl groups excluding tert-OH is 1. The lowest BCUT2D eigenvalue weighted by molar-refractivity contribution is -0.132. The predicted octanol–water partition coefficient (Wildman–Crippen LogP) is 4.52. The van der Waals surface area contributed by atoms with Gasteiger partial charge in [0.15, 0.2) is 6.10 Å². The Kier molecular flexibility index (Phi) is 15.6. The molecule has 0 heterocycles. The van der Waals surface area contributed by atoms with E-state index in [1.807, 2.05) is 30.3 Å². The van der Waals surface area contributed by atoms with E-state index in [1.54, 1.807) is 55.4 Å². The van der Waals surface area contributed by atoms with Crippen molar-refractivity contribution >= 4 is 24.0 Å². The third-order valence-corrected chi connectivity index (χ3v) is 6.89. The molecule has 0 saturated carbocycles. The van der Waals surface area contributed by atoms with Gasteiger partial charge in [-0.25, -0.2) is 18.4 Å². The molecule has 0 aliphatic heterocycles. The highest BCUT2D eigenvalue weighted by Crippen LogP contribution is 2.16. The van der Waals surface area contributed by atoms with Gasteiger partial charge in [0, 0.05) is 25.6 Å². The normalized spacial score (nSPS) is 13.7. The second-order valence-corrected chi connectivity index (χ2v) is 14.8. The van der Waals surface area contributed by atoms with Gasteiger partial charge in [-0.2, -0.15) is 0 Å². The molecule has 2 aromatic carbocycles. The number of nitrogens with one attached hydrogen (secondary N) is 4. The highest BCUT2D eigenvalue weighted by atomic mass is 19.1. The fourth-order valence-corrected chi connectivity index (χ4v) is 4.47. The van der Waals surface area contributed by atoms with E-state index in [2.05, 4.69) is 21.3 Å². The molecule has 0 fully saturated rings.